The number of benzene rings is 2. The highest BCUT2D eigenvalue weighted by atomic mass is 16.6. The molecule has 0 radical (unpaired) electrons. The predicted molar refractivity (Wildman–Crippen MR) is 115 cm³/mol. The number of rotatable bonds is 3. The number of fused-ring (bicyclic) bond motifs is 2. The summed E-state index contributed by atoms with van der Waals surface area (Å²) >= 11 is 0. The number of hydrogen-bond acceptors (Lipinski definition) is 7. The van der Waals surface area contributed by atoms with Crippen LogP contribution in [0.4, 0.5) is 11.5 Å². The number of anilines is 1. The van der Waals surface area contributed by atoms with Crippen molar-refractivity contribution < 1.29 is 18.7 Å². The van der Waals surface area contributed by atoms with Crippen LogP contribution in [0.15, 0.2) is 56.2 Å². The SMILES string of the molecule is Cc1cc(N2C(=O)c3oc4cc(C)c(C)cc4c(=O)c3C2c2ccc([N+](=O)[O-])cc2)no1. The minimum absolute atomic E-state index is 0.0743. The molecule has 1 atom stereocenters. The summed E-state index contributed by atoms with van der Waals surface area (Å²) in [5.41, 5.74) is 2.43. The monoisotopic (exact) mass is 431 g/mol. The maximum Gasteiger partial charge on any atom is 0.296 e. The lowest BCUT2D eigenvalue weighted by molar-refractivity contribution is -0.384. The number of nitro groups is 1. The van der Waals surface area contributed by atoms with Gasteiger partial charge in [0.2, 0.25) is 5.76 Å². The Morgan fingerprint density at radius 1 is 1.03 bits per heavy atom. The average molecular weight is 431 g/mol. The molecule has 9 nitrogen and oxygen atoms in total. The molecule has 0 bridgehead atoms. The lowest BCUT2D eigenvalue weighted by Crippen LogP contribution is -2.29. The number of nitro benzene ring substituents is 1. The third kappa shape index (κ3) is 2.82. The number of hydrogen-bond donors (Lipinski definition) is 0. The molecule has 3 heterocycles. The summed E-state index contributed by atoms with van der Waals surface area (Å²) in [5.74, 6) is 0.101. The van der Waals surface area contributed by atoms with Crippen molar-refractivity contribution >= 4 is 28.4 Å². The average Bonchev–Trinajstić information content (AvgIpc) is 3.31. The second kappa shape index (κ2) is 6.88. The molecule has 1 amide bonds. The van der Waals surface area contributed by atoms with Gasteiger partial charge in [0.1, 0.15) is 11.3 Å². The molecule has 0 N–H and O–H groups in total. The summed E-state index contributed by atoms with van der Waals surface area (Å²) in [6.07, 6.45) is 0. The van der Waals surface area contributed by atoms with Crippen LogP contribution >= 0.6 is 0 Å². The molecule has 0 fully saturated rings. The van der Waals surface area contributed by atoms with Gasteiger partial charge < -0.3 is 8.94 Å². The van der Waals surface area contributed by atoms with Crippen molar-refractivity contribution in [3.8, 4) is 0 Å². The van der Waals surface area contributed by atoms with Crippen molar-refractivity contribution in [3.63, 3.8) is 0 Å². The fourth-order valence-electron chi connectivity index (χ4n) is 4.02. The molecular formula is C23H17N3O6. The van der Waals surface area contributed by atoms with Gasteiger partial charge in [-0.05, 0) is 61.7 Å². The van der Waals surface area contributed by atoms with Gasteiger partial charge >= 0.3 is 0 Å². The first-order valence-electron chi connectivity index (χ1n) is 9.85. The third-order valence-electron chi connectivity index (χ3n) is 5.77. The maximum absolute atomic E-state index is 13.6. The largest absolute Gasteiger partial charge is 0.450 e. The first-order valence-corrected chi connectivity index (χ1v) is 9.85. The van der Waals surface area contributed by atoms with Gasteiger partial charge in [-0.1, -0.05) is 5.16 Å². The van der Waals surface area contributed by atoms with Crippen molar-refractivity contribution in [2.45, 2.75) is 26.8 Å². The normalized spacial score (nSPS) is 15.4. The Morgan fingerprint density at radius 3 is 2.34 bits per heavy atom. The summed E-state index contributed by atoms with van der Waals surface area (Å²) in [6, 6.07) is 9.91. The number of aromatic nitrogens is 1. The van der Waals surface area contributed by atoms with Crippen molar-refractivity contribution in [3.05, 3.63) is 96.6 Å². The van der Waals surface area contributed by atoms with E-state index in [-0.39, 0.29) is 28.3 Å². The molecule has 2 aromatic carbocycles. The molecule has 0 aliphatic carbocycles. The van der Waals surface area contributed by atoms with Gasteiger partial charge in [-0.25, -0.2) is 0 Å². The highest BCUT2D eigenvalue weighted by Gasteiger charge is 2.45. The van der Waals surface area contributed by atoms with Gasteiger partial charge in [-0.15, -0.1) is 0 Å². The molecule has 0 saturated carbocycles. The number of amides is 1. The highest BCUT2D eigenvalue weighted by Crippen LogP contribution is 2.41. The Labute approximate surface area is 181 Å². The van der Waals surface area contributed by atoms with E-state index in [1.807, 2.05) is 13.8 Å². The van der Waals surface area contributed by atoms with E-state index in [0.717, 1.165) is 11.1 Å². The van der Waals surface area contributed by atoms with E-state index in [9.17, 15) is 19.7 Å². The van der Waals surface area contributed by atoms with Crippen molar-refractivity contribution in [1.29, 1.82) is 0 Å². The summed E-state index contributed by atoms with van der Waals surface area (Å²) in [5, 5.41) is 15.4. The van der Waals surface area contributed by atoms with E-state index in [0.29, 0.717) is 22.3 Å². The Bertz CT molecular complexity index is 1480. The number of carbonyl (C=O) groups is 1. The van der Waals surface area contributed by atoms with Crippen molar-refractivity contribution in [2.24, 2.45) is 0 Å². The van der Waals surface area contributed by atoms with Crippen LogP contribution in [0.2, 0.25) is 0 Å². The van der Waals surface area contributed by atoms with Crippen LogP contribution in [0.5, 0.6) is 0 Å². The molecular weight excluding hydrogens is 414 g/mol. The van der Waals surface area contributed by atoms with Gasteiger partial charge in [0.25, 0.3) is 11.6 Å². The zero-order valence-corrected chi connectivity index (χ0v) is 17.4. The van der Waals surface area contributed by atoms with Crippen LogP contribution in [0.25, 0.3) is 11.0 Å². The number of aryl methyl sites for hydroxylation is 3. The maximum atomic E-state index is 13.6. The van der Waals surface area contributed by atoms with Crippen LogP contribution in [0, 0.1) is 30.9 Å². The number of non-ortho nitro benzene ring substituents is 1. The Morgan fingerprint density at radius 2 is 1.72 bits per heavy atom. The first kappa shape index (κ1) is 19.7. The standard InChI is InChI=1S/C23H17N3O6/c1-11-8-16-17(9-12(11)2)31-22-19(21(16)27)20(14-4-6-15(7-5-14)26(29)30)25(23(22)28)18-10-13(3)32-24-18/h4-10,20H,1-3H3. The number of carbonyl (C=O) groups excluding carboxylic acids is 1. The fourth-order valence-corrected chi connectivity index (χ4v) is 4.02. The minimum Gasteiger partial charge on any atom is -0.450 e. The molecule has 32 heavy (non-hydrogen) atoms. The molecule has 160 valence electrons. The highest BCUT2D eigenvalue weighted by molar-refractivity contribution is 6.10. The van der Waals surface area contributed by atoms with Crippen LogP contribution in [-0.4, -0.2) is 16.0 Å². The van der Waals surface area contributed by atoms with E-state index in [1.165, 1.54) is 29.2 Å². The summed E-state index contributed by atoms with van der Waals surface area (Å²) in [4.78, 5) is 38.9. The zero-order valence-electron chi connectivity index (χ0n) is 17.4. The van der Waals surface area contributed by atoms with Gasteiger partial charge in [-0.3, -0.25) is 24.6 Å². The van der Waals surface area contributed by atoms with Crippen LogP contribution in [0.3, 0.4) is 0 Å². The van der Waals surface area contributed by atoms with Gasteiger partial charge in [0.15, 0.2) is 11.2 Å². The first-order chi connectivity index (χ1) is 15.3. The lowest BCUT2D eigenvalue weighted by atomic mass is 9.97. The Hall–Kier alpha value is -4.27. The lowest BCUT2D eigenvalue weighted by Gasteiger charge is -2.22. The van der Waals surface area contributed by atoms with E-state index >= 15 is 0 Å². The molecule has 1 aliphatic rings. The van der Waals surface area contributed by atoms with Crippen molar-refractivity contribution in [1.82, 2.24) is 5.16 Å². The van der Waals surface area contributed by atoms with Crippen molar-refractivity contribution in [2.75, 3.05) is 4.90 Å². The quantitative estimate of drug-likeness (QED) is 0.349. The van der Waals surface area contributed by atoms with E-state index < -0.39 is 16.9 Å². The predicted octanol–water partition coefficient (Wildman–Crippen LogP) is 4.36. The fraction of sp³-hybridized carbons (Fsp3) is 0.174. The molecule has 4 aromatic rings. The molecule has 1 unspecified atom stereocenters. The second-order valence-electron chi connectivity index (χ2n) is 7.83. The molecule has 1 aliphatic heterocycles. The van der Waals surface area contributed by atoms with Crippen LogP contribution in [-0.2, 0) is 0 Å². The summed E-state index contributed by atoms with van der Waals surface area (Å²) in [7, 11) is 0. The zero-order chi connectivity index (χ0) is 22.7. The molecule has 5 rings (SSSR count). The van der Waals surface area contributed by atoms with Gasteiger partial charge in [0, 0.05) is 18.2 Å². The van der Waals surface area contributed by atoms with E-state index in [4.69, 9.17) is 8.94 Å². The minimum atomic E-state index is -0.870. The topological polar surface area (TPSA) is 120 Å². The van der Waals surface area contributed by atoms with Gasteiger partial charge in [-0.2, -0.15) is 0 Å². The van der Waals surface area contributed by atoms with E-state index in [2.05, 4.69) is 5.16 Å². The Balaban J connectivity index is 1.80. The van der Waals surface area contributed by atoms with Gasteiger partial charge in [0.05, 0.1) is 21.9 Å². The molecule has 0 spiro atoms. The molecule has 2 aromatic heterocycles. The van der Waals surface area contributed by atoms with Crippen LogP contribution in [0.1, 0.15) is 44.6 Å². The molecule has 9 heteroatoms. The molecule has 0 saturated heterocycles. The smallest absolute Gasteiger partial charge is 0.296 e. The Kier molecular flexibility index (Phi) is 4.23. The summed E-state index contributed by atoms with van der Waals surface area (Å²) < 4.78 is 11.1. The third-order valence-corrected chi connectivity index (χ3v) is 5.77. The van der Waals surface area contributed by atoms with Crippen LogP contribution < -0.4 is 10.3 Å². The van der Waals surface area contributed by atoms with E-state index in [1.54, 1.807) is 25.1 Å². The second-order valence-corrected chi connectivity index (χ2v) is 7.83. The number of nitrogens with zero attached hydrogens (tertiary/aromatic N) is 3. The summed E-state index contributed by atoms with van der Waals surface area (Å²) in [6.45, 7) is 5.48.